The summed E-state index contributed by atoms with van der Waals surface area (Å²) in [6, 6.07) is 32.4. The Bertz CT molecular complexity index is 1680. The van der Waals surface area contributed by atoms with Crippen LogP contribution in [0.4, 0.5) is 5.69 Å². The Labute approximate surface area is 250 Å². The van der Waals surface area contributed by atoms with E-state index in [2.05, 4.69) is 10.5 Å². The van der Waals surface area contributed by atoms with Crippen LogP contribution >= 0.6 is 23.4 Å². The fraction of sp³-hybridized carbons (Fsp3) is 0.0323. The van der Waals surface area contributed by atoms with Gasteiger partial charge in [0, 0.05) is 38.7 Å². The summed E-state index contributed by atoms with van der Waals surface area (Å²) >= 11 is 7.10. The quantitative estimate of drug-likeness (QED) is 0.0794. The van der Waals surface area contributed by atoms with E-state index < -0.39 is 10.8 Å². The van der Waals surface area contributed by atoms with Gasteiger partial charge in [-0.3, -0.25) is 14.9 Å². The van der Waals surface area contributed by atoms with Crippen molar-refractivity contribution >= 4 is 41.2 Å². The topological polar surface area (TPSA) is 120 Å². The van der Waals surface area contributed by atoms with Crippen molar-refractivity contribution in [3.05, 3.63) is 130 Å². The van der Waals surface area contributed by atoms with E-state index in [0.717, 1.165) is 22.5 Å². The predicted octanol–water partition coefficient (Wildman–Crippen LogP) is 7.05. The smallest absolute Gasteiger partial charge is 0.277 e. The van der Waals surface area contributed by atoms with Crippen LogP contribution in [-0.4, -0.2) is 33.6 Å². The number of hydrogen-bond donors (Lipinski definition) is 1. The summed E-state index contributed by atoms with van der Waals surface area (Å²) < 4.78 is 5.42. The molecule has 0 unspecified atom stereocenters. The summed E-state index contributed by atoms with van der Waals surface area (Å²) in [5, 5.41) is 16.5. The molecule has 0 radical (unpaired) electrons. The van der Waals surface area contributed by atoms with Gasteiger partial charge in [-0.1, -0.05) is 72.3 Å². The number of rotatable bonds is 10. The third-order valence-corrected chi connectivity index (χ3v) is 7.04. The van der Waals surface area contributed by atoms with Crippen molar-refractivity contribution in [3.8, 4) is 28.3 Å². The maximum absolute atomic E-state index is 12.3. The minimum atomic E-state index is -0.507. The third-order valence-electron chi connectivity index (χ3n) is 5.83. The summed E-state index contributed by atoms with van der Waals surface area (Å²) in [5.74, 6) is -0.0317. The van der Waals surface area contributed by atoms with E-state index in [1.165, 1.54) is 30.1 Å². The van der Waals surface area contributed by atoms with Crippen LogP contribution in [0, 0.1) is 10.1 Å². The number of amides is 1. The van der Waals surface area contributed by atoms with E-state index in [1.807, 2.05) is 66.7 Å². The van der Waals surface area contributed by atoms with Gasteiger partial charge in [-0.05, 0) is 48.2 Å². The molecule has 0 saturated carbocycles. The van der Waals surface area contributed by atoms with Crippen molar-refractivity contribution in [3.63, 3.8) is 0 Å². The van der Waals surface area contributed by atoms with E-state index in [-0.39, 0.29) is 12.3 Å². The summed E-state index contributed by atoms with van der Waals surface area (Å²) in [6.45, 7) is -0.280. The summed E-state index contributed by atoms with van der Waals surface area (Å²) in [5.41, 5.74) is 5.98. The average molecular weight is 596 g/mol. The van der Waals surface area contributed by atoms with Gasteiger partial charge in [-0.15, -0.1) is 0 Å². The molecule has 0 fully saturated rings. The normalized spacial score (nSPS) is 10.9. The van der Waals surface area contributed by atoms with Gasteiger partial charge in [0.1, 0.15) is 5.75 Å². The van der Waals surface area contributed by atoms with Gasteiger partial charge >= 0.3 is 0 Å². The molecule has 208 valence electrons. The van der Waals surface area contributed by atoms with Crippen LogP contribution in [0.1, 0.15) is 5.56 Å². The number of carbonyl (C=O) groups is 1. The second kappa shape index (κ2) is 13.5. The van der Waals surface area contributed by atoms with Gasteiger partial charge in [0.05, 0.1) is 22.5 Å². The Hall–Kier alpha value is -5.06. The number of nitrogens with one attached hydrogen (secondary N) is 1. The minimum absolute atomic E-state index is 0.123. The highest BCUT2D eigenvalue weighted by Gasteiger charge is 2.15. The fourth-order valence-electron chi connectivity index (χ4n) is 3.81. The minimum Gasteiger partial charge on any atom is -0.484 e. The molecule has 1 amide bonds. The van der Waals surface area contributed by atoms with E-state index in [9.17, 15) is 14.9 Å². The lowest BCUT2D eigenvalue weighted by molar-refractivity contribution is -0.384. The van der Waals surface area contributed by atoms with Crippen molar-refractivity contribution in [2.75, 3.05) is 6.61 Å². The molecule has 0 aliphatic heterocycles. The molecular weight excluding hydrogens is 574 g/mol. The van der Waals surface area contributed by atoms with Crippen molar-refractivity contribution < 1.29 is 14.5 Å². The van der Waals surface area contributed by atoms with Crippen LogP contribution in [0.25, 0.3) is 22.5 Å². The van der Waals surface area contributed by atoms with Crippen LogP contribution in [0.5, 0.6) is 5.75 Å². The second-order valence-electron chi connectivity index (χ2n) is 8.77. The van der Waals surface area contributed by atoms with E-state index in [0.29, 0.717) is 26.4 Å². The molecule has 0 atom stereocenters. The highest BCUT2D eigenvalue weighted by Crippen LogP contribution is 2.33. The number of non-ortho nitro benzene ring substituents is 1. The Morgan fingerprint density at radius 3 is 2.12 bits per heavy atom. The monoisotopic (exact) mass is 595 g/mol. The zero-order chi connectivity index (χ0) is 29.3. The molecule has 42 heavy (non-hydrogen) atoms. The fourth-order valence-corrected chi connectivity index (χ4v) is 4.79. The summed E-state index contributed by atoms with van der Waals surface area (Å²) in [6.07, 6.45) is 1.34. The number of carbonyl (C=O) groups excluding carboxylic acids is 1. The van der Waals surface area contributed by atoms with E-state index in [4.69, 9.17) is 26.3 Å². The Balaban J connectivity index is 1.40. The van der Waals surface area contributed by atoms with Crippen LogP contribution in [-0.2, 0) is 4.79 Å². The van der Waals surface area contributed by atoms with E-state index >= 15 is 0 Å². The van der Waals surface area contributed by atoms with Gasteiger partial charge in [-0.2, -0.15) is 5.10 Å². The predicted molar refractivity (Wildman–Crippen MR) is 163 cm³/mol. The number of halogens is 1. The molecule has 1 heterocycles. The number of nitro benzene ring substituents is 1. The molecule has 0 aliphatic rings. The molecule has 4 aromatic carbocycles. The van der Waals surface area contributed by atoms with Crippen LogP contribution in [0.3, 0.4) is 0 Å². The molecule has 0 aliphatic carbocycles. The third kappa shape index (κ3) is 7.57. The number of hydrazone groups is 1. The van der Waals surface area contributed by atoms with Gasteiger partial charge < -0.3 is 4.74 Å². The first-order valence-corrected chi connectivity index (χ1v) is 13.8. The van der Waals surface area contributed by atoms with Crippen molar-refractivity contribution in [1.29, 1.82) is 0 Å². The van der Waals surface area contributed by atoms with Gasteiger partial charge in [0.2, 0.25) is 0 Å². The molecule has 11 heteroatoms. The molecule has 1 aromatic heterocycles. The highest BCUT2D eigenvalue weighted by molar-refractivity contribution is 7.99. The first kappa shape index (κ1) is 28.5. The molecule has 5 aromatic rings. The van der Waals surface area contributed by atoms with Gasteiger partial charge in [0.15, 0.2) is 11.8 Å². The number of aromatic nitrogens is 2. The zero-order valence-electron chi connectivity index (χ0n) is 21.9. The van der Waals surface area contributed by atoms with Gasteiger partial charge in [0.25, 0.3) is 11.6 Å². The Morgan fingerprint density at radius 1 is 0.905 bits per heavy atom. The molecule has 1 N–H and O–H groups in total. The number of ether oxygens (including phenoxy) is 1. The molecular formula is C31H22ClN5O4S. The lowest BCUT2D eigenvalue weighted by atomic mass is 10.1. The summed E-state index contributed by atoms with van der Waals surface area (Å²) in [4.78, 5) is 33.4. The first-order valence-electron chi connectivity index (χ1n) is 12.6. The zero-order valence-corrected chi connectivity index (χ0v) is 23.5. The Morgan fingerprint density at radius 2 is 1.52 bits per heavy atom. The maximum atomic E-state index is 12.3. The highest BCUT2D eigenvalue weighted by atomic mass is 35.5. The molecule has 5 rings (SSSR count). The molecule has 0 bridgehead atoms. The lowest BCUT2D eigenvalue weighted by Gasteiger charge is -2.10. The van der Waals surface area contributed by atoms with Gasteiger partial charge in [-0.25, -0.2) is 15.4 Å². The summed E-state index contributed by atoms with van der Waals surface area (Å²) in [7, 11) is 0. The van der Waals surface area contributed by atoms with Crippen LogP contribution in [0.15, 0.2) is 124 Å². The largest absolute Gasteiger partial charge is 0.484 e. The lowest BCUT2D eigenvalue weighted by Crippen LogP contribution is -2.24. The number of hydrogen-bond acceptors (Lipinski definition) is 8. The van der Waals surface area contributed by atoms with Crippen molar-refractivity contribution in [2.24, 2.45) is 5.10 Å². The van der Waals surface area contributed by atoms with Crippen molar-refractivity contribution in [2.45, 2.75) is 10.1 Å². The van der Waals surface area contributed by atoms with Crippen LogP contribution < -0.4 is 10.2 Å². The SMILES string of the molecule is O=C(COc1ccc(Cl)cc1)N/N=C/c1cc([N+](=O)[O-])ccc1Sc1nc(-c2ccccc2)cc(-c2ccccc2)n1. The second-order valence-corrected chi connectivity index (χ2v) is 10.2. The van der Waals surface area contributed by atoms with Crippen molar-refractivity contribution in [1.82, 2.24) is 15.4 Å². The standard InChI is InChI=1S/C31H22ClN5O4S/c32-24-11-14-26(15-12-24)41-20-30(38)36-33-19-23-17-25(37(39)40)13-16-29(23)42-31-34-27(21-7-3-1-4-8-21)18-28(35-31)22-9-5-2-6-10-22/h1-19H,20H2,(H,36,38)/b33-19+. The number of nitrogens with zero attached hydrogens (tertiary/aromatic N) is 4. The average Bonchev–Trinajstić information content (AvgIpc) is 3.02. The maximum Gasteiger partial charge on any atom is 0.277 e. The number of benzene rings is 4. The molecule has 9 nitrogen and oxygen atoms in total. The Kier molecular flexibility index (Phi) is 9.17. The van der Waals surface area contributed by atoms with E-state index in [1.54, 1.807) is 30.3 Å². The number of nitro groups is 1. The molecule has 0 spiro atoms. The first-order chi connectivity index (χ1) is 20.4. The molecule has 0 saturated heterocycles. The van der Waals surface area contributed by atoms with Crippen LogP contribution in [0.2, 0.25) is 5.02 Å².